The zero-order valence-corrected chi connectivity index (χ0v) is 14.5. The van der Waals surface area contributed by atoms with Gasteiger partial charge in [0.1, 0.15) is 18.7 Å². The predicted molar refractivity (Wildman–Crippen MR) is 93.0 cm³/mol. The highest BCUT2D eigenvalue weighted by atomic mass is 35.5. The standard InChI is InChI=1S/C17H13Cl2N5/c1-10-5-14(11(2)24-9-21-8-22-24)15(7-20)17(23-10)13-4-3-12(18)6-16(13)19/h3-6,8-9,11H,1-2H3. The monoisotopic (exact) mass is 357 g/mol. The van der Waals surface area contributed by atoms with E-state index in [1.54, 1.807) is 29.2 Å². The van der Waals surface area contributed by atoms with Gasteiger partial charge in [-0.05, 0) is 43.7 Å². The van der Waals surface area contributed by atoms with Gasteiger partial charge >= 0.3 is 0 Å². The zero-order chi connectivity index (χ0) is 17.3. The van der Waals surface area contributed by atoms with Crippen molar-refractivity contribution in [1.82, 2.24) is 19.7 Å². The number of benzene rings is 1. The summed E-state index contributed by atoms with van der Waals surface area (Å²) in [5, 5.41) is 14.9. The van der Waals surface area contributed by atoms with Gasteiger partial charge in [0.15, 0.2) is 0 Å². The second-order valence-electron chi connectivity index (χ2n) is 5.36. The first-order chi connectivity index (χ1) is 11.5. The molecule has 1 unspecified atom stereocenters. The molecule has 0 aliphatic rings. The van der Waals surface area contributed by atoms with Gasteiger partial charge in [-0.2, -0.15) is 10.4 Å². The first-order valence-corrected chi connectivity index (χ1v) is 7.98. The molecule has 24 heavy (non-hydrogen) atoms. The summed E-state index contributed by atoms with van der Waals surface area (Å²) in [6.07, 6.45) is 3.09. The molecule has 0 aliphatic heterocycles. The van der Waals surface area contributed by atoms with Gasteiger partial charge in [-0.15, -0.1) is 0 Å². The quantitative estimate of drug-likeness (QED) is 0.694. The van der Waals surface area contributed by atoms with E-state index in [4.69, 9.17) is 23.2 Å². The Kier molecular flexibility index (Phi) is 4.52. The van der Waals surface area contributed by atoms with Crippen molar-refractivity contribution in [2.45, 2.75) is 19.9 Å². The lowest BCUT2D eigenvalue weighted by atomic mass is 9.97. The third kappa shape index (κ3) is 2.99. The molecule has 1 atom stereocenters. The second kappa shape index (κ2) is 6.60. The van der Waals surface area contributed by atoms with Crippen molar-refractivity contribution >= 4 is 23.2 Å². The van der Waals surface area contributed by atoms with E-state index in [-0.39, 0.29) is 6.04 Å². The lowest BCUT2D eigenvalue weighted by molar-refractivity contribution is 0.561. The SMILES string of the molecule is Cc1cc(C(C)n2cncn2)c(C#N)c(-c2ccc(Cl)cc2Cl)n1. The maximum absolute atomic E-state index is 9.74. The minimum Gasteiger partial charge on any atom is -0.252 e. The molecule has 0 bridgehead atoms. The average molecular weight is 358 g/mol. The van der Waals surface area contributed by atoms with E-state index >= 15 is 0 Å². The van der Waals surface area contributed by atoms with Crippen LogP contribution in [-0.4, -0.2) is 19.7 Å². The molecular formula is C17H13Cl2N5. The number of rotatable bonds is 3. The molecule has 2 aromatic heterocycles. The number of pyridine rings is 1. The Morgan fingerprint density at radius 2 is 2.04 bits per heavy atom. The van der Waals surface area contributed by atoms with Crippen LogP contribution in [0, 0.1) is 18.3 Å². The largest absolute Gasteiger partial charge is 0.252 e. The van der Waals surface area contributed by atoms with E-state index in [2.05, 4.69) is 21.1 Å². The van der Waals surface area contributed by atoms with E-state index in [1.165, 1.54) is 6.33 Å². The van der Waals surface area contributed by atoms with Gasteiger partial charge in [-0.1, -0.05) is 23.2 Å². The summed E-state index contributed by atoms with van der Waals surface area (Å²) in [6, 6.07) is 9.14. The van der Waals surface area contributed by atoms with E-state index in [0.29, 0.717) is 26.9 Å². The molecule has 0 radical (unpaired) electrons. The van der Waals surface area contributed by atoms with Gasteiger partial charge in [0.2, 0.25) is 0 Å². The smallest absolute Gasteiger partial charge is 0.137 e. The molecular weight excluding hydrogens is 345 g/mol. The number of aromatic nitrogens is 4. The maximum Gasteiger partial charge on any atom is 0.137 e. The van der Waals surface area contributed by atoms with Gasteiger partial charge in [0.25, 0.3) is 0 Å². The third-order valence-electron chi connectivity index (χ3n) is 3.76. The first-order valence-electron chi connectivity index (χ1n) is 7.22. The lowest BCUT2D eigenvalue weighted by Crippen LogP contribution is -2.11. The van der Waals surface area contributed by atoms with Gasteiger partial charge < -0.3 is 0 Å². The minimum atomic E-state index is -0.159. The Balaban J connectivity index is 2.23. The van der Waals surface area contributed by atoms with Crippen molar-refractivity contribution in [2.24, 2.45) is 0 Å². The number of nitrogens with zero attached hydrogens (tertiary/aromatic N) is 5. The number of hydrogen-bond donors (Lipinski definition) is 0. The van der Waals surface area contributed by atoms with Gasteiger partial charge in [-0.3, -0.25) is 4.98 Å². The van der Waals surface area contributed by atoms with E-state index in [0.717, 1.165) is 11.3 Å². The molecule has 0 fully saturated rings. The fourth-order valence-corrected chi connectivity index (χ4v) is 3.08. The van der Waals surface area contributed by atoms with Crippen LogP contribution in [0.5, 0.6) is 0 Å². The molecule has 7 heteroatoms. The molecule has 3 rings (SSSR count). The maximum atomic E-state index is 9.74. The van der Waals surface area contributed by atoms with Crippen LogP contribution in [0.2, 0.25) is 10.0 Å². The molecule has 2 heterocycles. The van der Waals surface area contributed by atoms with Crippen molar-refractivity contribution in [3.8, 4) is 17.3 Å². The molecule has 0 amide bonds. The highest BCUT2D eigenvalue weighted by Gasteiger charge is 2.20. The van der Waals surface area contributed by atoms with Crippen LogP contribution >= 0.6 is 23.2 Å². The summed E-state index contributed by atoms with van der Waals surface area (Å²) in [5.74, 6) is 0. The van der Waals surface area contributed by atoms with Crippen LogP contribution in [-0.2, 0) is 0 Å². The second-order valence-corrected chi connectivity index (χ2v) is 6.21. The Hall–Kier alpha value is -2.42. The van der Waals surface area contributed by atoms with Gasteiger partial charge in [-0.25, -0.2) is 9.67 Å². The van der Waals surface area contributed by atoms with Crippen LogP contribution < -0.4 is 0 Å². The number of halogens is 2. The highest BCUT2D eigenvalue weighted by molar-refractivity contribution is 6.36. The predicted octanol–water partition coefficient (Wildman–Crippen LogP) is 4.44. The number of hydrogen-bond acceptors (Lipinski definition) is 4. The normalized spacial score (nSPS) is 12.0. The van der Waals surface area contributed by atoms with E-state index in [1.807, 2.05) is 19.9 Å². The molecule has 0 aliphatic carbocycles. The molecule has 1 aromatic carbocycles. The van der Waals surface area contributed by atoms with Gasteiger partial charge in [0, 0.05) is 16.3 Å². The Morgan fingerprint density at radius 1 is 1.25 bits per heavy atom. The van der Waals surface area contributed by atoms with Crippen molar-refractivity contribution in [3.63, 3.8) is 0 Å². The molecule has 0 saturated carbocycles. The van der Waals surface area contributed by atoms with Crippen molar-refractivity contribution < 1.29 is 0 Å². The van der Waals surface area contributed by atoms with E-state index in [9.17, 15) is 5.26 Å². The summed E-state index contributed by atoms with van der Waals surface area (Å²) in [6.45, 7) is 3.84. The molecule has 5 nitrogen and oxygen atoms in total. The van der Waals surface area contributed by atoms with Crippen molar-refractivity contribution in [2.75, 3.05) is 0 Å². The lowest BCUT2D eigenvalue weighted by Gasteiger charge is -2.17. The highest BCUT2D eigenvalue weighted by Crippen LogP contribution is 2.34. The van der Waals surface area contributed by atoms with Crippen LogP contribution in [0.1, 0.15) is 29.8 Å². The molecule has 0 N–H and O–H groups in total. The Morgan fingerprint density at radius 3 is 2.67 bits per heavy atom. The molecule has 3 aromatic rings. The van der Waals surface area contributed by atoms with Crippen molar-refractivity contribution in [3.05, 3.63) is 63.8 Å². The van der Waals surface area contributed by atoms with Crippen LogP contribution in [0.25, 0.3) is 11.3 Å². The van der Waals surface area contributed by atoms with Crippen LogP contribution in [0.4, 0.5) is 0 Å². The first kappa shape index (κ1) is 16.4. The van der Waals surface area contributed by atoms with Crippen LogP contribution in [0.15, 0.2) is 36.9 Å². The number of aryl methyl sites for hydroxylation is 1. The number of nitriles is 1. The molecule has 0 spiro atoms. The van der Waals surface area contributed by atoms with E-state index < -0.39 is 0 Å². The molecule has 120 valence electrons. The minimum absolute atomic E-state index is 0.159. The summed E-state index contributed by atoms with van der Waals surface area (Å²) < 4.78 is 1.70. The zero-order valence-electron chi connectivity index (χ0n) is 13.0. The Labute approximate surface area is 149 Å². The topological polar surface area (TPSA) is 67.4 Å². The summed E-state index contributed by atoms with van der Waals surface area (Å²) >= 11 is 12.3. The average Bonchev–Trinajstić information content (AvgIpc) is 3.08. The fourth-order valence-electron chi connectivity index (χ4n) is 2.58. The molecule has 0 saturated heterocycles. The van der Waals surface area contributed by atoms with Gasteiger partial charge in [0.05, 0.1) is 22.3 Å². The summed E-state index contributed by atoms with van der Waals surface area (Å²) in [7, 11) is 0. The Bertz CT molecular complexity index is 929. The summed E-state index contributed by atoms with van der Waals surface area (Å²) in [5.41, 5.74) is 3.29. The fraction of sp³-hybridized carbons (Fsp3) is 0.176. The van der Waals surface area contributed by atoms with Crippen LogP contribution in [0.3, 0.4) is 0 Å². The van der Waals surface area contributed by atoms with Crippen molar-refractivity contribution in [1.29, 1.82) is 5.26 Å². The summed E-state index contributed by atoms with van der Waals surface area (Å²) in [4.78, 5) is 8.50. The third-order valence-corrected chi connectivity index (χ3v) is 4.31.